The predicted molar refractivity (Wildman–Crippen MR) is 51.8 cm³/mol. The molecule has 0 saturated heterocycles. The molecule has 0 aromatic carbocycles. The second-order valence-electron chi connectivity index (χ2n) is 3.08. The fraction of sp³-hybridized carbons (Fsp3) is 0.500. The monoisotopic (exact) mass is 231 g/mol. The second kappa shape index (κ2) is 6.38. The van der Waals surface area contributed by atoms with Gasteiger partial charge in [0, 0.05) is 6.42 Å². The Labute approximate surface area is 91.2 Å². The summed E-state index contributed by atoms with van der Waals surface area (Å²) >= 11 is 0. The lowest BCUT2D eigenvalue weighted by atomic mass is 10.2. The Balaban J connectivity index is 4.36. The van der Waals surface area contributed by atoms with Crippen molar-refractivity contribution in [2.75, 3.05) is 13.1 Å². The molecule has 8 nitrogen and oxygen atoms in total. The summed E-state index contributed by atoms with van der Waals surface area (Å²) in [7, 11) is 0. The molecule has 0 heterocycles. The number of carbonyl (C=O) groups is 4. The first kappa shape index (κ1) is 13.9. The van der Waals surface area contributed by atoms with Crippen LogP contribution in [0.5, 0.6) is 0 Å². The van der Waals surface area contributed by atoms with Crippen LogP contribution in [0.2, 0.25) is 0 Å². The summed E-state index contributed by atoms with van der Waals surface area (Å²) in [5.41, 5.74) is 9.72. The number of nitrogens with zero attached hydrogens (tertiary/aromatic N) is 1. The van der Waals surface area contributed by atoms with Crippen molar-refractivity contribution in [3.63, 3.8) is 0 Å². The van der Waals surface area contributed by atoms with E-state index >= 15 is 0 Å². The molecule has 0 rings (SSSR count). The van der Waals surface area contributed by atoms with Crippen LogP contribution in [0.1, 0.15) is 12.8 Å². The van der Waals surface area contributed by atoms with E-state index in [0.29, 0.717) is 0 Å². The zero-order chi connectivity index (χ0) is 12.7. The summed E-state index contributed by atoms with van der Waals surface area (Å²) in [6.07, 6.45) is -0.692. The number of carboxylic acid groups (broad SMARTS) is 1. The zero-order valence-corrected chi connectivity index (χ0v) is 8.51. The van der Waals surface area contributed by atoms with Crippen LogP contribution >= 0.6 is 0 Å². The van der Waals surface area contributed by atoms with Crippen LogP contribution in [0.15, 0.2) is 0 Å². The topological polar surface area (TPSA) is 144 Å². The third-order valence-electron chi connectivity index (χ3n) is 1.60. The van der Waals surface area contributed by atoms with E-state index in [0.717, 1.165) is 4.90 Å². The molecule has 0 fully saturated rings. The number of primary amides is 2. The van der Waals surface area contributed by atoms with Crippen molar-refractivity contribution in [3.8, 4) is 0 Å². The highest BCUT2D eigenvalue weighted by molar-refractivity contribution is 5.89. The normalized spacial score (nSPS) is 9.50. The highest BCUT2D eigenvalue weighted by atomic mass is 16.4. The molecular weight excluding hydrogens is 218 g/mol. The van der Waals surface area contributed by atoms with Crippen molar-refractivity contribution in [3.05, 3.63) is 0 Å². The molecule has 0 aliphatic heterocycles. The molecule has 0 radical (unpaired) electrons. The van der Waals surface area contributed by atoms with Gasteiger partial charge in [-0.2, -0.15) is 0 Å². The van der Waals surface area contributed by atoms with Gasteiger partial charge in [-0.1, -0.05) is 0 Å². The first-order valence-corrected chi connectivity index (χ1v) is 4.39. The molecule has 0 aromatic rings. The average molecular weight is 231 g/mol. The number of carboxylic acids is 1. The van der Waals surface area contributed by atoms with Crippen LogP contribution in [-0.4, -0.2) is 46.8 Å². The van der Waals surface area contributed by atoms with Crippen LogP contribution in [0.25, 0.3) is 0 Å². The second-order valence-corrected chi connectivity index (χ2v) is 3.08. The summed E-state index contributed by atoms with van der Waals surface area (Å²) < 4.78 is 0. The third-order valence-corrected chi connectivity index (χ3v) is 1.60. The molecular formula is C8H13N3O5. The Kier molecular flexibility index (Phi) is 5.53. The minimum atomic E-state index is -1.15. The minimum absolute atomic E-state index is 0.310. The molecule has 0 aromatic heterocycles. The summed E-state index contributed by atoms with van der Waals surface area (Å²) in [4.78, 5) is 43.6. The van der Waals surface area contributed by atoms with E-state index in [-0.39, 0.29) is 12.8 Å². The number of rotatable bonds is 7. The lowest BCUT2D eigenvalue weighted by Gasteiger charge is -2.18. The van der Waals surface area contributed by atoms with E-state index in [2.05, 4.69) is 0 Å². The molecule has 8 heteroatoms. The molecule has 0 aliphatic carbocycles. The number of aliphatic carboxylic acids is 1. The van der Waals surface area contributed by atoms with Gasteiger partial charge in [-0.15, -0.1) is 0 Å². The highest BCUT2D eigenvalue weighted by Crippen LogP contribution is 1.97. The van der Waals surface area contributed by atoms with Gasteiger partial charge in [0.1, 0.15) is 0 Å². The summed E-state index contributed by atoms with van der Waals surface area (Å²) in [5, 5.41) is 8.35. The minimum Gasteiger partial charge on any atom is -0.481 e. The molecule has 0 spiro atoms. The van der Waals surface area contributed by atoms with Gasteiger partial charge < -0.3 is 21.5 Å². The fourth-order valence-corrected chi connectivity index (χ4v) is 0.980. The van der Waals surface area contributed by atoms with Crippen molar-refractivity contribution in [2.24, 2.45) is 11.5 Å². The van der Waals surface area contributed by atoms with Crippen LogP contribution in [0.3, 0.4) is 0 Å². The van der Waals surface area contributed by atoms with Crippen molar-refractivity contribution in [1.29, 1.82) is 0 Å². The van der Waals surface area contributed by atoms with E-state index in [1.165, 1.54) is 0 Å². The van der Waals surface area contributed by atoms with E-state index in [9.17, 15) is 19.2 Å². The number of amides is 3. The third kappa shape index (κ3) is 6.35. The van der Waals surface area contributed by atoms with E-state index < -0.39 is 36.8 Å². The van der Waals surface area contributed by atoms with Crippen molar-refractivity contribution in [2.45, 2.75) is 12.8 Å². The Morgan fingerprint density at radius 3 is 1.69 bits per heavy atom. The van der Waals surface area contributed by atoms with Gasteiger partial charge in [-0.05, 0) is 0 Å². The fourth-order valence-electron chi connectivity index (χ4n) is 0.980. The SMILES string of the molecule is NC(=O)CN(CC(N)=O)C(=O)CCC(=O)O. The standard InChI is InChI=1S/C8H13N3O5/c9-5(12)3-11(4-6(10)13)7(14)1-2-8(15)16/h1-4H2,(H2,9,12)(H2,10,13)(H,15,16). The van der Waals surface area contributed by atoms with E-state index in [1.54, 1.807) is 0 Å². The molecule has 0 atom stereocenters. The Hall–Kier alpha value is -2.12. The number of nitrogens with two attached hydrogens (primary N) is 2. The first-order valence-electron chi connectivity index (χ1n) is 4.39. The van der Waals surface area contributed by atoms with Crippen molar-refractivity contribution in [1.82, 2.24) is 4.90 Å². The van der Waals surface area contributed by atoms with Gasteiger partial charge in [-0.3, -0.25) is 19.2 Å². The Morgan fingerprint density at radius 1 is 0.938 bits per heavy atom. The molecule has 0 bridgehead atoms. The molecule has 90 valence electrons. The van der Waals surface area contributed by atoms with Crippen molar-refractivity contribution >= 4 is 23.7 Å². The molecule has 3 amide bonds. The maximum Gasteiger partial charge on any atom is 0.303 e. The number of hydrogen-bond acceptors (Lipinski definition) is 4. The molecule has 0 unspecified atom stereocenters. The number of hydrogen-bond donors (Lipinski definition) is 3. The summed E-state index contributed by atoms with van der Waals surface area (Å²) in [5.74, 6) is -3.40. The maximum atomic E-state index is 11.4. The summed E-state index contributed by atoms with van der Waals surface area (Å²) in [6, 6.07) is 0. The van der Waals surface area contributed by atoms with Gasteiger partial charge >= 0.3 is 5.97 Å². The zero-order valence-electron chi connectivity index (χ0n) is 8.51. The van der Waals surface area contributed by atoms with E-state index in [1.807, 2.05) is 0 Å². The van der Waals surface area contributed by atoms with Crippen LogP contribution in [0, 0.1) is 0 Å². The predicted octanol–water partition coefficient (Wildman–Crippen LogP) is -2.35. The van der Waals surface area contributed by atoms with E-state index in [4.69, 9.17) is 16.6 Å². The highest BCUT2D eigenvalue weighted by Gasteiger charge is 2.18. The molecule has 0 aliphatic rings. The summed E-state index contributed by atoms with van der Waals surface area (Å²) in [6.45, 7) is -0.914. The van der Waals surface area contributed by atoms with Crippen molar-refractivity contribution < 1.29 is 24.3 Å². The molecule has 16 heavy (non-hydrogen) atoms. The van der Waals surface area contributed by atoms with Gasteiger partial charge in [0.15, 0.2) is 0 Å². The Bertz CT molecular complexity index is 299. The molecule has 0 saturated carbocycles. The average Bonchev–Trinajstić information content (AvgIpc) is 2.11. The quantitative estimate of drug-likeness (QED) is 0.449. The van der Waals surface area contributed by atoms with Gasteiger partial charge in [0.05, 0.1) is 19.5 Å². The Morgan fingerprint density at radius 2 is 1.38 bits per heavy atom. The maximum absolute atomic E-state index is 11.4. The largest absolute Gasteiger partial charge is 0.481 e. The smallest absolute Gasteiger partial charge is 0.303 e. The first-order chi connectivity index (χ1) is 7.32. The van der Waals surface area contributed by atoms with Gasteiger partial charge in [0.25, 0.3) is 0 Å². The van der Waals surface area contributed by atoms with Gasteiger partial charge in [-0.25, -0.2) is 0 Å². The van der Waals surface area contributed by atoms with Gasteiger partial charge in [0.2, 0.25) is 17.7 Å². The van der Waals surface area contributed by atoms with Crippen LogP contribution in [0.4, 0.5) is 0 Å². The lowest BCUT2D eigenvalue weighted by Crippen LogP contribution is -2.43. The van der Waals surface area contributed by atoms with Crippen LogP contribution in [-0.2, 0) is 19.2 Å². The molecule has 5 N–H and O–H groups in total. The lowest BCUT2D eigenvalue weighted by molar-refractivity contribution is -0.142. The number of carbonyl (C=O) groups excluding carboxylic acids is 3. The van der Waals surface area contributed by atoms with Crippen LogP contribution < -0.4 is 11.5 Å².